The van der Waals surface area contributed by atoms with Crippen molar-refractivity contribution in [1.82, 2.24) is 4.57 Å². The predicted octanol–water partition coefficient (Wildman–Crippen LogP) is 3.45. The third kappa shape index (κ3) is 3.82. The molecule has 0 bridgehead atoms. The number of pyridine rings is 1. The molecule has 8 nitrogen and oxygen atoms in total. The summed E-state index contributed by atoms with van der Waals surface area (Å²) in [7, 11) is 4.66. The van der Waals surface area contributed by atoms with Crippen LogP contribution in [0.3, 0.4) is 0 Å². The summed E-state index contributed by atoms with van der Waals surface area (Å²) in [6.07, 6.45) is 0. The SMILES string of the molecule is COc1ccccc1Cn1c(C)cc2c(c1=O)[C@H](c1ccc(OC)c(OC)c1)C(C#N)=C(N)O2. The maximum atomic E-state index is 13.9. The Labute approximate surface area is 197 Å². The van der Waals surface area contributed by atoms with Crippen LogP contribution in [0.2, 0.25) is 0 Å². The monoisotopic (exact) mass is 459 g/mol. The number of fused-ring (bicyclic) bond motifs is 1. The minimum atomic E-state index is -0.731. The van der Waals surface area contributed by atoms with E-state index in [-0.39, 0.29) is 17.0 Å². The summed E-state index contributed by atoms with van der Waals surface area (Å²) in [6.45, 7) is 2.12. The molecule has 2 heterocycles. The van der Waals surface area contributed by atoms with Crippen LogP contribution in [0.25, 0.3) is 0 Å². The number of nitriles is 1. The number of nitrogens with two attached hydrogens (primary N) is 1. The lowest BCUT2D eigenvalue weighted by Crippen LogP contribution is -2.33. The lowest BCUT2D eigenvalue weighted by Gasteiger charge is -2.28. The van der Waals surface area contributed by atoms with Crippen molar-refractivity contribution in [1.29, 1.82) is 5.26 Å². The van der Waals surface area contributed by atoms with E-state index in [0.29, 0.717) is 46.4 Å². The van der Waals surface area contributed by atoms with Gasteiger partial charge in [0.2, 0.25) is 5.88 Å². The van der Waals surface area contributed by atoms with Gasteiger partial charge in [-0.1, -0.05) is 24.3 Å². The van der Waals surface area contributed by atoms with Gasteiger partial charge in [0.25, 0.3) is 5.56 Å². The first-order valence-corrected chi connectivity index (χ1v) is 10.6. The van der Waals surface area contributed by atoms with Gasteiger partial charge < -0.3 is 29.2 Å². The van der Waals surface area contributed by atoms with E-state index in [1.807, 2.05) is 31.2 Å². The number of benzene rings is 2. The van der Waals surface area contributed by atoms with Crippen molar-refractivity contribution < 1.29 is 18.9 Å². The smallest absolute Gasteiger partial charge is 0.259 e. The lowest BCUT2D eigenvalue weighted by molar-refractivity contribution is 0.354. The van der Waals surface area contributed by atoms with Gasteiger partial charge in [-0.15, -0.1) is 0 Å². The van der Waals surface area contributed by atoms with Crippen LogP contribution >= 0.6 is 0 Å². The lowest BCUT2D eigenvalue weighted by atomic mass is 9.84. The van der Waals surface area contributed by atoms with Crippen molar-refractivity contribution in [3.8, 4) is 29.1 Å². The van der Waals surface area contributed by atoms with Crippen molar-refractivity contribution in [2.75, 3.05) is 21.3 Å². The van der Waals surface area contributed by atoms with E-state index >= 15 is 0 Å². The second-order valence-electron chi connectivity index (χ2n) is 7.81. The number of rotatable bonds is 6. The Kier molecular flexibility index (Phi) is 6.19. The number of hydrogen-bond donors (Lipinski definition) is 1. The van der Waals surface area contributed by atoms with E-state index in [0.717, 1.165) is 5.56 Å². The molecule has 0 amide bonds. The molecule has 0 fully saturated rings. The number of para-hydroxylation sites is 1. The molecule has 1 aromatic heterocycles. The maximum Gasteiger partial charge on any atom is 0.259 e. The van der Waals surface area contributed by atoms with Crippen molar-refractivity contribution in [3.63, 3.8) is 0 Å². The average Bonchev–Trinajstić information content (AvgIpc) is 2.85. The summed E-state index contributed by atoms with van der Waals surface area (Å²) in [4.78, 5) is 13.9. The summed E-state index contributed by atoms with van der Waals surface area (Å²) < 4.78 is 23.6. The molecule has 2 aromatic carbocycles. The molecule has 2 N–H and O–H groups in total. The summed E-state index contributed by atoms with van der Waals surface area (Å²) >= 11 is 0. The number of aromatic nitrogens is 1. The fourth-order valence-corrected chi connectivity index (χ4v) is 4.25. The molecule has 34 heavy (non-hydrogen) atoms. The topological polar surface area (TPSA) is 109 Å². The zero-order valence-electron chi connectivity index (χ0n) is 19.4. The van der Waals surface area contributed by atoms with Crippen molar-refractivity contribution >= 4 is 0 Å². The first-order chi connectivity index (χ1) is 16.4. The normalized spacial score (nSPS) is 14.6. The minimum absolute atomic E-state index is 0.0314. The summed E-state index contributed by atoms with van der Waals surface area (Å²) in [5.41, 5.74) is 8.52. The first-order valence-electron chi connectivity index (χ1n) is 10.6. The fraction of sp³-hybridized carbons (Fsp3) is 0.231. The van der Waals surface area contributed by atoms with Gasteiger partial charge in [-0.05, 0) is 30.7 Å². The molecule has 0 radical (unpaired) electrons. The molecule has 8 heteroatoms. The molecule has 4 rings (SSSR count). The van der Waals surface area contributed by atoms with Crippen LogP contribution in [0.15, 0.2) is 64.8 Å². The molecule has 0 spiro atoms. The maximum absolute atomic E-state index is 13.9. The van der Waals surface area contributed by atoms with Crippen LogP contribution in [-0.2, 0) is 6.54 Å². The largest absolute Gasteiger partial charge is 0.496 e. The molecule has 0 unspecified atom stereocenters. The van der Waals surface area contributed by atoms with Gasteiger partial charge in [-0.25, -0.2) is 0 Å². The molecule has 3 aromatic rings. The van der Waals surface area contributed by atoms with E-state index in [1.54, 1.807) is 43.1 Å². The van der Waals surface area contributed by atoms with Crippen LogP contribution < -0.4 is 30.2 Å². The zero-order valence-corrected chi connectivity index (χ0v) is 19.4. The number of hydrogen-bond acceptors (Lipinski definition) is 7. The van der Waals surface area contributed by atoms with E-state index < -0.39 is 5.92 Å². The molecule has 1 aliphatic rings. The van der Waals surface area contributed by atoms with Gasteiger partial charge in [0, 0.05) is 17.3 Å². The highest BCUT2D eigenvalue weighted by molar-refractivity contribution is 5.57. The average molecular weight is 460 g/mol. The Morgan fingerprint density at radius 1 is 1.03 bits per heavy atom. The van der Waals surface area contributed by atoms with Crippen molar-refractivity contribution in [2.24, 2.45) is 5.73 Å². The Morgan fingerprint density at radius 3 is 2.41 bits per heavy atom. The van der Waals surface area contributed by atoms with E-state index in [4.69, 9.17) is 24.7 Å². The summed E-state index contributed by atoms with van der Waals surface area (Å²) in [5, 5.41) is 9.92. The van der Waals surface area contributed by atoms with Gasteiger partial charge in [0.15, 0.2) is 11.5 Å². The zero-order chi connectivity index (χ0) is 24.4. The van der Waals surface area contributed by atoms with Gasteiger partial charge in [-0.2, -0.15) is 5.26 Å². The molecule has 1 aliphatic heterocycles. The highest BCUT2D eigenvalue weighted by atomic mass is 16.5. The third-order valence-electron chi connectivity index (χ3n) is 5.95. The van der Waals surface area contributed by atoms with Crippen LogP contribution in [0.1, 0.15) is 28.3 Å². The second-order valence-corrected chi connectivity index (χ2v) is 7.81. The Balaban J connectivity index is 1.93. The highest BCUT2D eigenvalue weighted by Gasteiger charge is 2.35. The number of methoxy groups -OCH3 is 3. The second kappa shape index (κ2) is 9.24. The molecule has 0 saturated carbocycles. The Morgan fingerprint density at radius 2 is 1.74 bits per heavy atom. The van der Waals surface area contributed by atoms with E-state index in [1.165, 1.54) is 7.11 Å². The quantitative estimate of drug-likeness (QED) is 0.601. The van der Waals surface area contributed by atoms with Crippen LogP contribution in [0, 0.1) is 18.3 Å². The molecule has 174 valence electrons. The predicted molar refractivity (Wildman–Crippen MR) is 126 cm³/mol. The van der Waals surface area contributed by atoms with E-state index in [9.17, 15) is 10.1 Å². The molecular weight excluding hydrogens is 434 g/mol. The van der Waals surface area contributed by atoms with Crippen molar-refractivity contribution in [2.45, 2.75) is 19.4 Å². The number of nitrogens with zero attached hydrogens (tertiary/aromatic N) is 2. The highest BCUT2D eigenvalue weighted by Crippen LogP contribution is 2.42. The standard InChI is InChI=1S/C26H25N3O5/c1-15-11-22-24(26(30)29(15)14-17-7-5-6-8-19(17)31-2)23(18(13-27)25(28)34-22)16-9-10-20(32-3)21(12-16)33-4/h5-12,23H,14,28H2,1-4H3/t23-/m1/s1. The van der Waals surface area contributed by atoms with Gasteiger partial charge in [-0.3, -0.25) is 4.79 Å². The summed E-state index contributed by atoms with van der Waals surface area (Å²) in [6, 6.07) is 16.7. The number of ether oxygens (including phenoxy) is 4. The van der Waals surface area contributed by atoms with Gasteiger partial charge in [0.05, 0.1) is 39.4 Å². The molecule has 0 aliphatic carbocycles. The van der Waals surface area contributed by atoms with Gasteiger partial charge >= 0.3 is 0 Å². The molecule has 0 saturated heterocycles. The van der Waals surface area contributed by atoms with Crippen LogP contribution in [-0.4, -0.2) is 25.9 Å². The van der Waals surface area contributed by atoms with E-state index in [2.05, 4.69) is 6.07 Å². The first kappa shape index (κ1) is 22.8. The van der Waals surface area contributed by atoms with Crippen LogP contribution in [0.5, 0.6) is 23.0 Å². The number of aryl methyl sites for hydroxylation is 1. The molecule has 1 atom stereocenters. The van der Waals surface area contributed by atoms with Crippen LogP contribution in [0.4, 0.5) is 0 Å². The Hall–Kier alpha value is -4.38. The number of allylic oxidation sites excluding steroid dienone is 1. The van der Waals surface area contributed by atoms with Gasteiger partial charge in [0.1, 0.15) is 23.1 Å². The fourth-order valence-electron chi connectivity index (χ4n) is 4.25. The third-order valence-corrected chi connectivity index (χ3v) is 5.95. The van der Waals surface area contributed by atoms with Crippen molar-refractivity contribution in [3.05, 3.63) is 92.7 Å². The Bertz CT molecular complexity index is 1380. The molecular formula is C26H25N3O5. The minimum Gasteiger partial charge on any atom is -0.496 e. The summed E-state index contributed by atoms with van der Waals surface area (Å²) in [5.74, 6) is 1.26.